The van der Waals surface area contributed by atoms with Gasteiger partial charge in [0.15, 0.2) is 0 Å². The molecule has 0 spiro atoms. The van der Waals surface area contributed by atoms with E-state index in [0.29, 0.717) is 37.3 Å². The number of amides is 2. The summed E-state index contributed by atoms with van der Waals surface area (Å²) in [4.78, 5) is 34.8. The van der Waals surface area contributed by atoms with Crippen molar-refractivity contribution in [2.45, 2.75) is 6.92 Å². The number of benzene rings is 3. The van der Waals surface area contributed by atoms with E-state index in [2.05, 4.69) is 19.1 Å². The van der Waals surface area contributed by atoms with Crippen LogP contribution in [0.15, 0.2) is 84.9 Å². The third kappa shape index (κ3) is 4.22. The van der Waals surface area contributed by atoms with Gasteiger partial charge in [-0.2, -0.15) is 0 Å². The molecule has 33 heavy (non-hydrogen) atoms. The van der Waals surface area contributed by atoms with Crippen LogP contribution in [0.4, 0.5) is 0 Å². The van der Waals surface area contributed by atoms with Crippen LogP contribution >= 0.6 is 0 Å². The largest absolute Gasteiger partial charge is 0.335 e. The molecule has 0 aliphatic carbocycles. The summed E-state index contributed by atoms with van der Waals surface area (Å²) in [5.74, 6) is -0.00695. The Kier molecular flexibility index (Phi) is 5.61. The van der Waals surface area contributed by atoms with Crippen molar-refractivity contribution in [3.8, 4) is 11.3 Å². The number of hydrogen-bond acceptors (Lipinski definition) is 3. The maximum absolute atomic E-state index is 13.6. The zero-order chi connectivity index (χ0) is 22.8. The molecule has 1 aromatic heterocycles. The average Bonchev–Trinajstić information content (AvgIpc) is 2.88. The van der Waals surface area contributed by atoms with Crippen molar-refractivity contribution in [3.63, 3.8) is 0 Å². The Labute approximate surface area is 193 Å². The topological polar surface area (TPSA) is 53.5 Å². The normalized spacial score (nSPS) is 13.8. The Morgan fingerprint density at radius 3 is 2.03 bits per heavy atom. The number of aromatic nitrogens is 1. The average molecular weight is 436 g/mol. The fourth-order valence-corrected chi connectivity index (χ4v) is 4.27. The van der Waals surface area contributed by atoms with Crippen molar-refractivity contribution in [1.29, 1.82) is 0 Å². The summed E-state index contributed by atoms with van der Waals surface area (Å²) in [6.45, 7) is 4.11. The first-order chi connectivity index (χ1) is 16.1. The van der Waals surface area contributed by atoms with E-state index in [1.54, 1.807) is 0 Å². The SMILES string of the molecule is Cc1ccc(-c2cc(C(=O)N3CCN(C(=O)c4ccccc4)CC3)c3ccccc3n2)cc1. The van der Waals surface area contributed by atoms with Gasteiger partial charge in [0.2, 0.25) is 0 Å². The standard InChI is InChI=1S/C28H25N3O2/c1-20-11-13-21(14-12-20)26-19-24(23-9-5-6-10-25(23)29-26)28(33)31-17-15-30(16-18-31)27(32)22-7-3-2-4-8-22/h2-14,19H,15-18H2,1H3. The number of fused-ring (bicyclic) bond motifs is 1. The van der Waals surface area contributed by atoms with Gasteiger partial charge >= 0.3 is 0 Å². The molecule has 2 amide bonds. The van der Waals surface area contributed by atoms with Crippen LogP contribution in [0.2, 0.25) is 0 Å². The van der Waals surface area contributed by atoms with Gasteiger partial charge in [-0.25, -0.2) is 4.98 Å². The smallest absolute Gasteiger partial charge is 0.254 e. The number of rotatable bonds is 3. The predicted molar refractivity (Wildman–Crippen MR) is 130 cm³/mol. The summed E-state index contributed by atoms with van der Waals surface area (Å²) < 4.78 is 0. The molecule has 5 nitrogen and oxygen atoms in total. The molecule has 1 fully saturated rings. The fourth-order valence-electron chi connectivity index (χ4n) is 4.27. The number of para-hydroxylation sites is 1. The molecule has 0 bridgehead atoms. The van der Waals surface area contributed by atoms with Gasteiger partial charge in [0.25, 0.3) is 11.8 Å². The van der Waals surface area contributed by atoms with E-state index in [1.165, 1.54) is 5.56 Å². The lowest BCUT2D eigenvalue weighted by Gasteiger charge is -2.35. The summed E-state index contributed by atoms with van der Waals surface area (Å²) in [7, 11) is 0. The molecule has 164 valence electrons. The van der Waals surface area contributed by atoms with Crippen LogP contribution < -0.4 is 0 Å². The Morgan fingerprint density at radius 2 is 1.33 bits per heavy atom. The third-order valence-electron chi connectivity index (χ3n) is 6.17. The molecular formula is C28H25N3O2. The van der Waals surface area contributed by atoms with Crippen LogP contribution in [0.5, 0.6) is 0 Å². The number of hydrogen-bond donors (Lipinski definition) is 0. The molecule has 4 aromatic rings. The van der Waals surface area contributed by atoms with Gasteiger partial charge in [-0.3, -0.25) is 9.59 Å². The van der Waals surface area contributed by atoms with Crippen molar-refractivity contribution < 1.29 is 9.59 Å². The molecule has 0 atom stereocenters. The van der Waals surface area contributed by atoms with Gasteiger partial charge in [-0.05, 0) is 31.2 Å². The summed E-state index contributed by atoms with van der Waals surface area (Å²) in [5, 5.41) is 0.848. The first-order valence-corrected chi connectivity index (χ1v) is 11.2. The predicted octanol–water partition coefficient (Wildman–Crippen LogP) is 4.81. The molecular weight excluding hydrogens is 410 g/mol. The van der Waals surface area contributed by atoms with Gasteiger partial charge in [0, 0.05) is 42.7 Å². The zero-order valence-electron chi connectivity index (χ0n) is 18.6. The van der Waals surface area contributed by atoms with Crippen LogP contribution in [0.3, 0.4) is 0 Å². The number of pyridine rings is 1. The van der Waals surface area contributed by atoms with Crippen molar-refractivity contribution in [2.24, 2.45) is 0 Å². The highest BCUT2D eigenvalue weighted by molar-refractivity contribution is 6.07. The van der Waals surface area contributed by atoms with E-state index < -0.39 is 0 Å². The molecule has 5 rings (SSSR count). The number of carbonyl (C=O) groups excluding carboxylic acids is 2. The maximum atomic E-state index is 13.6. The fraction of sp³-hybridized carbons (Fsp3) is 0.179. The van der Waals surface area contributed by atoms with Gasteiger partial charge in [0.1, 0.15) is 0 Å². The first kappa shape index (κ1) is 20.9. The molecule has 1 aliphatic heterocycles. The summed E-state index contributed by atoms with van der Waals surface area (Å²) >= 11 is 0. The molecule has 5 heteroatoms. The van der Waals surface area contributed by atoms with E-state index >= 15 is 0 Å². The highest BCUT2D eigenvalue weighted by atomic mass is 16.2. The molecule has 2 heterocycles. The molecule has 0 unspecified atom stereocenters. The van der Waals surface area contributed by atoms with E-state index in [-0.39, 0.29) is 11.8 Å². The Morgan fingerprint density at radius 1 is 0.727 bits per heavy atom. The van der Waals surface area contributed by atoms with Crippen LogP contribution in [-0.2, 0) is 0 Å². The monoisotopic (exact) mass is 435 g/mol. The second-order valence-corrected chi connectivity index (χ2v) is 8.39. The molecule has 1 saturated heterocycles. The van der Waals surface area contributed by atoms with Gasteiger partial charge in [-0.1, -0.05) is 66.2 Å². The summed E-state index contributed by atoms with van der Waals surface area (Å²) in [5.41, 5.74) is 5.09. The molecule has 3 aromatic carbocycles. The first-order valence-electron chi connectivity index (χ1n) is 11.2. The summed E-state index contributed by atoms with van der Waals surface area (Å²) in [6, 6.07) is 27.1. The van der Waals surface area contributed by atoms with Crippen molar-refractivity contribution in [3.05, 3.63) is 102 Å². The number of piperazine rings is 1. The van der Waals surface area contributed by atoms with Crippen molar-refractivity contribution >= 4 is 22.7 Å². The van der Waals surface area contributed by atoms with Gasteiger partial charge in [-0.15, -0.1) is 0 Å². The van der Waals surface area contributed by atoms with E-state index in [1.807, 2.05) is 82.6 Å². The second-order valence-electron chi connectivity index (χ2n) is 8.39. The van der Waals surface area contributed by atoms with Crippen molar-refractivity contribution in [2.75, 3.05) is 26.2 Å². The molecule has 0 radical (unpaired) electrons. The lowest BCUT2D eigenvalue weighted by atomic mass is 10.0. The van der Waals surface area contributed by atoms with Gasteiger partial charge in [0.05, 0.1) is 16.8 Å². The van der Waals surface area contributed by atoms with Crippen LogP contribution in [-0.4, -0.2) is 52.8 Å². The maximum Gasteiger partial charge on any atom is 0.254 e. The van der Waals surface area contributed by atoms with Gasteiger partial charge < -0.3 is 9.80 Å². The van der Waals surface area contributed by atoms with Crippen LogP contribution in [0.25, 0.3) is 22.2 Å². The quantitative estimate of drug-likeness (QED) is 0.464. The Bertz CT molecular complexity index is 1310. The number of carbonyl (C=O) groups is 2. The molecule has 0 N–H and O–H groups in total. The van der Waals surface area contributed by atoms with E-state index in [4.69, 9.17) is 4.98 Å². The number of nitrogens with zero attached hydrogens (tertiary/aromatic N) is 3. The van der Waals surface area contributed by atoms with Crippen LogP contribution in [0.1, 0.15) is 26.3 Å². The highest BCUT2D eigenvalue weighted by Crippen LogP contribution is 2.26. The minimum absolute atomic E-state index is 0.0127. The molecule has 1 aliphatic rings. The minimum atomic E-state index is -0.0197. The Balaban J connectivity index is 1.40. The lowest BCUT2D eigenvalue weighted by molar-refractivity contribution is 0.0536. The Hall–Kier alpha value is -3.99. The highest BCUT2D eigenvalue weighted by Gasteiger charge is 2.27. The minimum Gasteiger partial charge on any atom is -0.335 e. The van der Waals surface area contributed by atoms with Crippen LogP contribution in [0, 0.1) is 6.92 Å². The van der Waals surface area contributed by atoms with Crippen molar-refractivity contribution in [1.82, 2.24) is 14.8 Å². The van der Waals surface area contributed by atoms with E-state index in [9.17, 15) is 9.59 Å². The zero-order valence-corrected chi connectivity index (χ0v) is 18.6. The lowest BCUT2D eigenvalue weighted by Crippen LogP contribution is -2.50. The molecule has 0 saturated carbocycles. The number of aryl methyl sites for hydroxylation is 1. The second kappa shape index (κ2) is 8.87. The summed E-state index contributed by atoms with van der Waals surface area (Å²) in [6.07, 6.45) is 0. The van der Waals surface area contributed by atoms with E-state index in [0.717, 1.165) is 22.2 Å². The third-order valence-corrected chi connectivity index (χ3v) is 6.17.